The van der Waals surface area contributed by atoms with Gasteiger partial charge in [0.15, 0.2) is 0 Å². The number of anilines is 2. The summed E-state index contributed by atoms with van der Waals surface area (Å²) in [4.78, 5) is 25.2. The number of hydrogen-bond donors (Lipinski definition) is 1. The van der Waals surface area contributed by atoms with E-state index in [1.54, 1.807) is 6.07 Å². The summed E-state index contributed by atoms with van der Waals surface area (Å²) in [6.45, 7) is 7.75. The molecular formula is C15H18N2O3. The predicted molar refractivity (Wildman–Crippen MR) is 76.2 cm³/mol. The van der Waals surface area contributed by atoms with Gasteiger partial charge in [-0.2, -0.15) is 0 Å². The number of ether oxygens (including phenoxy) is 1. The van der Waals surface area contributed by atoms with Crippen LogP contribution >= 0.6 is 0 Å². The zero-order valence-corrected chi connectivity index (χ0v) is 11.9. The van der Waals surface area contributed by atoms with Gasteiger partial charge in [0, 0.05) is 18.8 Å². The van der Waals surface area contributed by atoms with Crippen molar-refractivity contribution in [3.63, 3.8) is 0 Å². The summed E-state index contributed by atoms with van der Waals surface area (Å²) in [5, 5.41) is 2.61. The number of morpholine rings is 1. The van der Waals surface area contributed by atoms with E-state index in [4.69, 9.17) is 4.74 Å². The number of benzene rings is 1. The number of carbonyl (C=O) groups is 2. The van der Waals surface area contributed by atoms with Crippen molar-refractivity contribution in [3.8, 4) is 0 Å². The Bertz CT molecular complexity index is 595. The van der Waals surface area contributed by atoms with Gasteiger partial charge in [0.1, 0.15) is 0 Å². The number of amides is 1. The maximum Gasteiger partial charge on any atom is 0.296 e. The Morgan fingerprint density at radius 3 is 2.80 bits per heavy atom. The standard InChI is InChI=1S/C15H18N2O3/c1-9-7-17(8-15(2,3)20-9)10-4-5-11-12(6-10)16-14(19)13(11)18/h4-6,9H,7-8H2,1-3H3,(H,16,18,19). The SMILES string of the molecule is CC1CN(c2ccc3c(c2)NC(=O)C3=O)CC(C)(C)O1. The van der Waals surface area contributed by atoms with E-state index in [0.717, 1.165) is 18.8 Å². The van der Waals surface area contributed by atoms with Crippen LogP contribution in [0.4, 0.5) is 11.4 Å². The largest absolute Gasteiger partial charge is 0.369 e. The van der Waals surface area contributed by atoms with Gasteiger partial charge in [-0.3, -0.25) is 9.59 Å². The summed E-state index contributed by atoms with van der Waals surface area (Å²) < 4.78 is 5.89. The molecule has 2 aliphatic heterocycles. The third-order valence-corrected chi connectivity index (χ3v) is 3.64. The van der Waals surface area contributed by atoms with Gasteiger partial charge in [-0.25, -0.2) is 0 Å². The zero-order valence-electron chi connectivity index (χ0n) is 11.9. The number of ketones is 1. The molecule has 1 aromatic rings. The van der Waals surface area contributed by atoms with E-state index < -0.39 is 11.7 Å². The lowest BCUT2D eigenvalue weighted by atomic mass is 10.0. The quantitative estimate of drug-likeness (QED) is 0.794. The highest BCUT2D eigenvalue weighted by molar-refractivity contribution is 6.51. The summed E-state index contributed by atoms with van der Waals surface area (Å²) in [7, 11) is 0. The van der Waals surface area contributed by atoms with Crippen molar-refractivity contribution < 1.29 is 14.3 Å². The average Bonchev–Trinajstić information content (AvgIpc) is 2.62. The van der Waals surface area contributed by atoms with Gasteiger partial charge in [-0.1, -0.05) is 0 Å². The molecule has 1 aromatic carbocycles. The summed E-state index contributed by atoms with van der Waals surface area (Å²) in [6, 6.07) is 5.48. The van der Waals surface area contributed by atoms with E-state index in [0.29, 0.717) is 11.3 Å². The molecule has 5 nitrogen and oxygen atoms in total. The molecule has 1 amide bonds. The van der Waals surface area contributed by atoms with Crippen LogP contribution in [0.25, 0.3) is 0 Å². The number of carbonyl (C=O) groups excluding carboxylic acids is 2. The van der Waals surface area contributed by atoms with Gasteiger partial charge in [-0.15, -0.1) is 0 Å². The number of Topliss-reactive ketones (excluding diaryl/α,β-unsaturated/α-hetero) is 1. The molecule has 0 spiro atoms. The Kier molecular flexibility index (Phi) is 2.83. The second-order valence-corrected chi connectivity index (χ2v) is 6.08. The van der Waals surface area contributed by atoms with Crippen LogP contribution in [0, 0.1) is 0 Å². The Morgan fingerprint density at radius 2 is 2.10 bits per heavy atom. The van der Waals surface area contributed by atoms with Crippen molar-refractivity contribution in [2.45, 2.75) is 32.5 Å². The maximum absolute atomic E-state index is 11.6. The zero-order chi connectivity index (χ0) is 14.5. The Morgan fingerprint density at radius 1 is 1.35 bits per heavy atom. The number of nitrogens with one attached hydrogen (secondary N) is 1. The highest BCUT2D eigenvalue weighted by Crippen LogP contribution is 2.31. The topological polar surface area (TPSA) is 58.6 Å². The molecule has 5 heteroatoms. The number of fused-ring (bicyclic) bond motifs is 1. The van der Waals surface area contributed by atoms with Gasteiger partial charge >= 0.3 is 0 Å². The van der Waals surface area contributed by atoms with E-state index in [1.807, 2.05) is 19.1 Å². The second-order valence-electron chi connectivity index (χ2n) is 6.08. The molecule has 1 fully saturated rings. The lowest BCUT2D eigenvalue weighted by Gasteiger charge is -2.43. The van der Waals surface area contributed by atoms with E-state index >= 15 is 0 Å². The molecule has 0 aliphatic carbocycles. The van der Waals surface area contributed by atoms with Crippen LogP contribution in [0.1, 0.15) is 31.1 Å². The summed E-state index contributed by atoms with van der Waals surface area (Å²) in [5.74, 6) is -1.00. The monoisotopic (exact) mass is 274 g/mol. The molecule has 0 saturated carbocycles. The van der Waals surface area contributed by atoms with Crippen LogP contribution in [0.5, 0.6) is 0 Å². The molecule has 1 saturated heterocycles. The lowest BCUT2D eigenvalue weighted by molar-refractivity contribution is -0.112. The van der Waals surface area contributed by atoms with Crippen molar-refractivity contribution in [1.82, 2.24) is 0 Å². The van der Waals surface area contributed by atoms with Crippen LogP contribution in [-0.4, -0.2) is 36.5 Å². The fourth-order valence-corrected chi connectivity index (χ4v) is 2.98. The molecular weight excluding hydrogens is 256 g/mol. The van der Waals surface area contributed by atoms with E-state index in [9.17, 15) is 9.59 Å². The fourth-order valence-electron chi connectivity index (χ4n) is 2.98. The van der Waals surface area contributed by atoms with Crippen molar-refractivity contribution in [2.75, 3.05) is 23.3 Å². The van der Waals surface area contributed by atoms with Crippen molar-refractivity contribution in [2.24, 2.45) is 0 Å². The van der Waals surface area contributed by atoms with Gasteiger partial charge in [-0.05, 0) is 39.0 Å². The van der Waals surface area contributed by atoms with Crippen molar-refractivity contribution >= 4 is 23.1 Å². The minimum atomic E-state index is -0.548. The van der Waals surface area contributed by atoms with Crippen LogP contribution in [0.2, 0.25) is 0 Å². The van der Waals surface area contributed by atoms with Crippen LogP contribution < -0.4 is 10.2 Å². The molecule has 1 N–H and O–H groups in total. The molecule has 3 rings (SSSR count). The van der Waals surface area contributed by atoms with Gasteiger partial charge in [0.2, 0.25) is 0 Å². The molecule has 0 radical (unpaired) electrons. The molecule has 1 atom stereocenters. The first-order valence-electron chi connectivity index (χ1n) is 6.78. The van der Waals surface area contributed by atoms with Crippen molar-refractivity contribution in [3.05, 3.63) is 23.8 Å². The first-order chi connectivity index (χ1) is 9.35. The highest BCUT2D eigenvalue weighted by Gasteiger charge is 2.33. The smallest absolute Gasteiger partial charge is 0.296 e. The maximum atomic E-state index is 11.6. The Hall–Kier alpha value is -1.88. The summed E-state index contributed by atoms with van der Waals surface area (Å²) in [5.41, 5.74) is 1.85. The Labute approximate surface area is 117 Å². The van der Waals surface area contributed by atoms with E-state index in [2.05, 4.69) is 24.1 Å². The minimum Gasteiger partial charge on any atom is -0.369 e. The lowest BCUT2D eigenvalue weighted by Crippen LogP contribution is -2.52. The Balaban J connectivity index is 1.91. The number of nitrogens with zero attached hydrogens (tertiary/aromatic N) is 1. The third kappa shape index (κ3) is 2.18. The first kappa shape index (κ1) is 13.1. The third-order valence-electron chi connectivity index (χ3n) is 3.64. The minimum absolute atomic E-state index is 0.142. The van der Waals surface area contributed by atoms with E-state index in [-0.39, 0.29) is 11.7 Å². The number of hydrogen-bond acceptors (Lipinski definition) is 4. The van der Waals surface area contributed by atoms with Crippen LogP contribution in [-0.2, 0) is 9.53 Å². The molecule has 2 heterocycles. The van der Waals surface area contributed by atoms with Crippen LogP contribution in [0.15, 0.2) is 18.2 Å². The van der Waals surface area contributed by atoms with Gasteiger partial charge < -0.3 is 15.0 Å². The summed E-state index contributed by atoms with van der Waals surface area (Å²) in [6.07, 6.45) is 0.142. The summed E-state index contributed by atoms with van der Waals surface area (Å²) >= 11 is 0. The molecule has 106 valence electrons. The second kappa shape index (κ2) is 4.31. The molecule has 0 bridgehead atoms. The average molecular weight is 274 g/mol. The van der Waals surface area contributed by atoms with Crippen LogP contribution in [0.3, 0.4) is 0 Å². The normalized spacial score (nSPS) is 24.6. The molecule has 1 unspecified atom stereocenters. The predicted octanol–water partition coefficient (Wildman–Crippen LogP) is 1.83. The first-order valence-corrected chi connectivity index (χ1v) is 6.78. The highest BCUT2D eigenvalue weighted by atomic mass is 16.5. The fraction of sp³-hybridized carbons (Fsp3) is 0.467. The molecule has 20 heavy (non-hydrogen) atoms. The van der Waals surface area contributed by atoms with E-state index in [1.165, 1.54) is 0 Å². The van der Waals surface area contributed by atoms with Crippen molar-refractivity contribution in [1.29, 1.82) is 0 Å². The molecule has 0 aromatic heterocycles. The van der Waals surface area contributed by atoms with Gasteiger partial charge in [0.05, 0.1) is 23.0 Å². The van der Waals surface area contributed by atoms with Gasteiger partial charge in [0.25, 0.3) is 11.7 Å². The number of rotatable bonds is 1. The molecule has 2 aliphatic rings.